The standard InChI is InChI=1S/C10H10N2O.C2H6/c1-7-10-8(5-6-11-7)3-4-9(12-10)13-2;1-2/h3-6H,1-2H3;1-2H3. The Morgan fingerprint density at radius 2 is 1.87 bits per heavy atom. The largest absolute Gasteiger partial charge is 0.481 e. The van der Waals surface area contributed by atoms with Crippen molar-refractivity contribution in [2.45, 2.75) is 20.8 Å². The van der Waals surface area contributed by atoms with Gasteiger partial charge in [-0.1, -0.05) is 13.8 Å². The molecule has 2 aromatic rings. The van der Waals surface area contributed by atoms with E-state index < -0.39 is 0 Å². The van der Waals surface area contributed by atoms with Crippen LogP contribution in [0.3, 0.4) is 0 Å². The summed E-state index contributed by atoms with van der Waals surface area (Å²) in [5, 5.41) is 1.09. The maximum absolute atomic E-state index is 5.04. The van der Waals surface area contributed by atoms with Crippen LogP contribution < -0.4 is 4.74 Å². The molecule has 3 nitrogen and oxygen atoms in total. The van der Waals surface area contributed by atoms with Crippen molar-refractivity contribution in [3.8, 4) is 5.88 Å². The van der Waals surface area contributed by atoms with Gasteiger partial charge >= 0.3 is 0 Å². The van der Waals surface area contributed by atoms with E-state index >= 15 is 0 Å². The predicted octanol–water partition coefficient (Wildman–Crippen LogP) is 2.97. The van der Waals surface area contributed by atoms with E-state index in [1.165, 1.54) is 0 Å². The van der Waals surface area contributed by atoms with Crippen LogP contribution in [0.15, 0.2) is 24.4 Å². The van der Waals surface area contributed by atoms with Crippen LogP contribution in [0.4, 0.5) is 0 Å². The lowest BCUT2D eigenvalue weighted by Gasteiger charge is -2.02. The lowest BCUT2D eigenvalue weighted by Crippen LogP contribution is -1.90. The highest BCUT2D eigenvalue weighted by Gasteiger charge is 2.00. The fraction of sp³-hybridized carbons (Fsp3) is 0.333. The van der Waals surface area contributed by atoms with Crippen LogP contribution >= 0.6 is 0 Å². The molecule has 15 heavy (non-hydrogen) atoms. The Kier molecular flexibility index (Phi) is 4.03. The average molecular weight is 204 g/mol. The molecular formula is C12H16N2O. The third kappa shape index (κ3) is 2.43. The van der Waals surface area contributed by atoms with Gasteiger partial charge in [0.2, 0.25) is 5.88 Å². The van der Waals surface area contributed by atoms with E-state index in [-0.39, 0.29) is 0 Å². The van der Waals surface area contributed by atoms with Crippen LogP contribution in [0.2, 0.25) is 0 Å². The van der Waals surface area contributed by atoms with Crippen molar-refractivity contribution < 1.29 is 4.74 Å². The number of fused-ring (bicyclic) bond motifs is 1. The number of methoxy groups -OCH3 is 1. The summed E-state index contributed by atoms with van der Waals surface area (Å²) in [6, 6.07) is 5.77. The SMILES string of the molecule is CC.COc1ccc2ccnc(C)c2n1. The summed E-state index contributed by atoms with van der Waals surface area (Å²) in [5.74, 6) is 0.628. The second-order valence-electron chi connectivity index (χ2n) is 2.82. The summed E-state index contributed by atoms with van der Waals surface area (Å²) in [6.45, 7) is 5.94. The van der Waals surface area contributed by atoms with Crippen molar-refractivity contribution in [3.63, 3.8) is 0 Å². The van der Waals surface area contributed by atoms with E-state index in [4.69, 9.17) is 4.74 Å². The monoisotopic (exact) mass is 204 g/mol. The Labute approximate surface area is 90.1 Å². The van der Waals surface area contributed by atoms with Crippen LogP contribution in [-0.2, 0) is 0 Å². The second-order valence-corrected chi connectivity index (χ2v) is 2.82. The Morgan fingerprint density at radius 1 is 1.13 bits per heavy atom. The van der Waals surface area contributed by atoms with Crippen LogP contribution in [0, 0.1) is 6.92 Å². The van der Waals surface area contributed by atoms with Gasteiger partial charge in [-0.3, -0.25) is 4.98 Å². The maximum atomic E-state index is 5.04. The summed E-state index contributed by atoms with van der Waals surface area (Å²) in [5.41, 5.74) is 1.83. The minimum Gasteiger partial charge on any atom is -0.481 e. The van der Waals surface area contributed by atoms with Gasteiger partial charge in [0.05, 0.1) is 18.3 Å². The van der Waals surface area contributed by atoms with Crippen LogP contribution in [0.25, 0.3) is 10.9 Å². The number of nitrogens with zero attached hydrogens (tertiary/aromatic N) is 2. The van der Waals surface area contributed by atoms with Crippen molar-refractivity contribution in [2.75, 3.05) is 7.11 Å². The van der Waals surface area contributed by atoms with Gasteiger partial charge in [-0.2, -0.15) is 0 Å². The Hall–Kier alpha value is -1.64. The van der Waals surface area contributed by atoms with Gasteiger partial charge in [-0.15, -0.1) is 0 Å². The Bertz CT molecular complexity index is 441. The zero-order valence-electron chi connectivity index (χ0n) is 9.61. The van der Waals surface area contributed by atoms with Crippen molar-refractivity contribution in [1.29, 1.82) is 0 Å². The molecule has 2 heterocycles. The molecule has 0 aliphatic rings. The van der Waals surface area contributed by atoms with Gasteiger partial charge in [0.25, 0.3) is 0 Å². The van der Waals surface area contributed by atoms with Gasteiger partial charge < -0.3 is 4.74 Å². The van der Waals surface area contributed by atoms with Crippen molar-refractivity contribution in [2.24, 2.45) is 0 Å². The minimum absolute atomic E-state index is 0.628. The topological polar surface area (TPSA) is 35.0 Å². The predicted molar refractivity (Wildman–Crippen MR) is 62.2 cm³/mol. The molecule has 0 saturated carbocycles. The molecule has 0 spiro atoms. The van der Waals surface area contributed by atoms with Gasteiger partial charge in [-0.25, -0.2) is 4.98 Å². The van der Waals surface area contributed by atoms with Crippen molar-refractivity contribution >= 4 is 10.9 Å². The molecule has 0 bridgehead atoms. The smallest absolute Gasteiger partial charge is 0.213 e. The van der Waals surface area contributed by atoms with Gasteiger partial charge in [0.1, 0.15) is 0 Å². The average Bonchev–Trinajstić information content (AvgIpc) is 2.32. The first kappa shape index (κ1) is 11.4. The van der Waals surface area contributed by atoms with E-state index in [1.54, 1.807) is 13.3 Å². The van der Waals surface area contributed by atoms with E-state index in [1.807, 2.05) is 39.0 Å². The first-order valence-electron chi connectivity index (χ1n) is 5.07. The normalized spacial score (nSPS) is 9.33. The highest BCUT2D eigenvalue weighted by molar-refractivity contribution is 5.80. The molecule has 0 radical (unpaired) electrons. The molecule has 0 atom stereocenters. The molecular weight excluding hydrogens is 188 g/mol. The number of aromatic nitrogens is 2. The molecule has 0 aromatic carbocycles. The third-order valence-corrected chi connectivity index (χ3v) is 1.98. The summed E-state index contributed by atoms with van der Waals surface area (Å²) in [7, 11) is 1.61. The van der Waals surface area contributed by atoms with Crippen LogP contribution in [-0.4, -0.2) is 17.1 Å². The van der Waals surface area contributed by atoms with Gasteiger partial charge in [0, 0.05) is 17.6 Å². The van der Waals surface area contributed by atoms with Gasteiger partial charge in [0.15, 0.2) is 0 Å². The fourth-order valence-electron chi connectivity index (χ4n) is 1.28. The molecule has 0 unspecified atom stereocenters. The van der Waals surface area contributed by atoms with Crippen molar-refractivity contribution in [3.05, 3.63) is 30.1 Å². The summed E-state index contributed by atoms with van der Waals surface area (Å²) in [4.78, 5) is 8.47. The Balaban J connectivity index is 0.000000531. The number of ether oxygens (including phenoxy) is 1. The number of aryl methyl sites for hydroxylation is 1. The summed E-state index contributed by atoms with van der Waals surface area (Å²) >= 11 is 0. The molecule has 0 saturated heterocycles. The van der Waals surface area contributed by atoms with E-state index in [0.29, 0.717) is 5.88 Å². The lowest BCUT2D eigenvalue weighted by molar-refractivity contribution is 0.399. The minimum atomic E-state index is 0.628. The quantitative estimate of drug-likeness (QED) is 0.716. The third-order valence-electron chi connectivity index (χ3n) is 1.98. The fourth-order valence-corrected chi connectivity index (χ4v) is 1.28. The number of hydrogen-bond donors (Lipinski definition) is 0. The molecule has 0 aliphatic carbocycles. The zero-order chi connectivity index (χ0) is 11.3. The molecule has 0 N–H and O–H groups in total. The number of rotatable bonds is 1. The molecule has 0 fully saturated rings. The van der Waals surface area contributed by atoms with Crippen molar-refractivity contribution in [1.82, 2.24) is 9.97 Å². The molecule has 2 rings (SSSR count). The Morgan fingerprint density at radius 3 is 2.53 bits per heavy atom. The molecule has 2 aromatic heterocycles. The van der Waals surface area contributed by atoms with Crippen LogP contribution in [0.1, 0.15) is 19.5 Å². The summed E-state index contributed by atoms with van der Waals surface area (Å²) < 4.78 is 5.04. The molecule has 80 valence electrons. The number of pyridine rings is 2. The summed E-state index contributed by atoms with van der Waals surface area (Å²) in [6.07, 6.45) is 1.78. The van der Waals surface area contributed by atoms with E-state index in [9.17, 15) is 0 Å². The molecule has 3 heteroatoms. The first-order valence-corrected chi connectivity index (χ1v) is 5.07. The van der Waals surface area contributed by atoms with Gasteiger partial charge in [-0.05, 0) is 19.1 Å². The molecule has 0 aliphatic heterocycles. The maximum Gasteiger partial charge on any atom is 0.213 e. The highest BCUT2D eigenvalue weighted by Crippen LogP contribution is 2.17. The van der Waals surface area contributed by atoms with E-state index in [2.05, 4.69) is 9.97 Å². The highest BCUT2D eigenvalue weighted by atomic mass is 16.5. The molecule has 0 amide bonds. The van der Waals surface area contributed by atoms with E-state index in [0.717, 1.165) is 16.6 Å². The first-order chi connectivity index (χ1) is 7.31. The number of hydrogen-bond acceptors (Lipinski definition) is 3. The second kappa shape index (κ2) is 5.29. The lowest BCUT2D eigenvalue weighted by atomic mass is 10.2. The zero-order valence-corrected chi connectivity index (χ0v) is 9.61. The van der Waals surface area contributed by atoms with Crippen LogP contribution in [0.5, 0.6) is 5.88 Å².